The largest absolute Gasteiger partial charge is 0.463 e. The molecule has 0 bridgehead atoms. The van der Waals surface area contributed by atoms with Crippen LogP contribution in [0, 0.1) is 5.92 Å². The molecule has 0 unspecified atom stereocenters. The second-order valence-electron chi connectivity index (χ2n) is 3.08. The molecule has 0 spiro atoms. The number of carbonyl (C=O) groups is 1. The van der Waals surface area contributed by atoms with E-state index in [0.29, 0.717) is 0 Å². The summed E-state index contributed by atoms with van der Waals surface area (Å²) in [6.45, 7) is 8.54. The summed E-state index contributed by atoms with van der Waals surface area (Å²) < 4.78 is 4.92. The smallest absolute Gasteiger partial charge is 0.312 e. The maximum absolute atomic E-state index is 11.3. The molecule has 0 aromatic carbocycles. The van der Waals surface area contributed by atoms with Crippen LogP contribution in [0.4, 0.5) is 0 Å². The zero-order chi connectivity index (χ0) is 10.4. The van der Waals surface area contributed by atoms with Crippen LogP contribution in [0.2, 0.25) is 0 Å². The molecule has 0 aliphatic rings. The fourth-order valence-corrected chi connectivity index (χ4v) is 0.812. The highest BCUT2D eigenvalue weighted by molar-refractivity contribution is 5.73. The van der Waals surface area contributed by atoms with Crippen molar-refractivity contribution in [1.29, 1.82) is 0 Å². The summed E-state index contributed by atoms with van der Waals surface area (Å²) in [4.78, 5) is 15.3. The minimum Gasteiger partial charge on any atom is -0.463 e. The van der Waals surface area contributed by atoms with E-state index in [2.05, 4.69) is 11.5 Å². The first kappa shape index (κ1) is 12.1. The molecule has 0 fully saturated rings. The monoisotopic (exact) mass is 188 g/mol. The average molecular weight is 188 g/mol. The van der Waals surface area contributed by atoms with Crippen molar-refractivity contribution in [2.75, 3.05) is 0 Å². The van der Waals surface area contributed by atoms with Gasteiger partial charge in [-0.1, -0.05) is 6.08 Å². The van der Waals surface area contributed by atoms with Crippen LogP contribution in [-0.2, 0) is 14.4 Å². The lowest BCUT2D eigenvalue weighted by atomic mass is 10.1. The van der Waals surface area contributed by atoms with Gasteiger partial charge in [-0.05, 0) is 20.8 Å². The van der Waals surface area contributed by atoms with E-state index in [0.717, 1.165) is 0 Å². The number of ether oxygens (including phenoxy) is 1. The van der Waals surface area contributed by atoms with Crippen molar-refractivity contribution >= 4 is 5.97 Å². The van der Waals surface area contributed by atoms with Crippen LogP contribution in [-0.4, -0.2) is 23.4 Å². The molecule has 2 atom stereocenters. The second-order valence-corrected chi connectivity index (χ2v) is 3.08. The van der Waals surface area contributed by atoms with Gasteiger partial charge in [0.1, 0.15) is 6.10 Å². The molecule has 76 valence electrons. The van der Waals surface area contributed by atoms with Gasteiger partial charge in [0.05, 0.1) is 12.0 Å². The molecule has 0 aliphatic heterocycles. The Morgan fingerprint density at radius 3 is 2.31 bits per heavy atom. The van der Waals surface area contributed by atoms with E-state index >= 15 is 0 Å². The van der Waals surface area contributed by atoms with Crippen molar-refractivity contribution in [3.8, 4) is 0 Å². The van der Waals surface area contributed by atoms with Gasteiger partial charge >= 0.3 is 5.97 Å². The molecule has 4 nitrogen and oxygen atoms in total. The van der Waals surface area contributed by atoms with Crippen molar-refractivity contribution in [2.45, 2.75) is 33.0 Å². The minimum absolute atomic E-state index is 0.167. The van der Waals surface area contributed by atoms with E-state index in [1.807, 2.05) is 0 Å². The van der Waals surface area contributed by atoms with E-state index in [1.54, 1.807) is 20.8 Å². The predicted octanol–water partition coefficient (Wildman–Crippen LogP) is 1.62. The molecule has 0 aromatic rings. The number of hydrogen-bond donors (Lipinski definition) is 1. The van der Waals surface area contributed by atoms with Crippen LogP contribution in [0.3, 0.4) is 0 Å². The average Bonchev–Trinajstić information content (AvgIpc) is 2.05. The van der Waals surface area contributed by atoms with E-state index in [4.69, 9.17) is 9.99 Å². The Labute approximate surface area is 78.1 Å². The number of carbonyl (C=O) groups excluding carboxylic acids is 1. The Morgan fingerprint density at radius 1 is 1.46 bits per heavy atom. The highest BCUT2D eigenvalue weighted by atomic mass is 17.1. The molecule has 0 rings (SSSR count). The van der Waals surface area contributed by atoms with E-state index in [-0.39, 0.29) is 6.10 Å². The van der Waals surface area contributed by atoms with Crippen LogP contribution in [0.5, 0.6) is 0 Å². The predicted molar refractivity (Wildman–Crippen MR) is 48.1 cm³/mol. The van der Waals surface area contributed by atoms with Gasteiger partial charge in [-0.3, -0.25) is 10.1 Å². The van der Waals surface area contributed by atoms with Crippen molar-refractivity contribution < 1.29 is 19.7 Å². The fourth-order valence-electron chi connectivity index (χ4n) is 0.812. The molecule has 1 N–H and O–H groups in total. The molecular formula is C9H16O4. The third-order valence-corrected chi connectivity index (χ3v) is 1.57. The molecule has 0 saturated heterocycles. The molecule has 0 aliphatic carbocycles. The Balaban J connectivity index is 4.14. The molecule has 0 amide bonds. The lowest BCUT2D eigenvalue weighted by Crippen LogP contribution is -2.29. The summed E-state index contributed by atoms with van der Waals surface area (Å²) in [6, 6.07) is 0. The maximum atomic E-state index is 11.3. The zero-order valence-electron chi connectivity index (χ0n) is 8.19. The SMILES string of the molecule is C=C[C@H](OO)[C@@H](C)C(=O)OC(C)C. The van der Waals surface area contributed by atoms with Gasteiger partial charge in [0.25, 0.3) is 0 Å². The third-order valence-electron chi connectivity index (χ3n) is 1.57. The summed E-state index contributed by atoms with van der Waals surface area (Å²) in [6.07, 6.45) is 0.469. The van der Waals surface area contributed by atoms with Crippen LogP contribution < -0.4 is 0 Å². The van der Waals surface area contributed by atoms with Gasteiger partial charge < -0.3 is 4.74 Å². The first-order chi connectivity index (χ1) is 6.02. The lowest BCUT2D eigenvalue weighted by molar-refractivity contribution is -0.275. The van der Waals surface area contributed by atoms with Crippen molar-refractivity contribution in [2.24, 2.45) is 5.92 Å². The molecular weight excluding hydrogens is 172 g/mol. The summed E-state index contributed by atoms with van der Waals surface area (Å²) in [5.74, 6) is -0.959. The number of rotatable bonds is 5. The highest BCUT2D eigenvalue weighted by Crippen LogP contribution is 2.10. The van der Waals surface area contributed by atoms with Crippen molar-refractivity contribution in [3.05, 3.63) is 12.7 Å². The quantitative estimate of drug-likeness (QED) is 0.308. The van der Waals surface area contributed by atoms with Crippen molar-refractivity contribution in [1.82, 2.24) is 0 Å². The third kappa shape index (κ3) is 4.05. The Morgan fingerprint density at radius 2 is 2.00 bits per heavy atom. The van der Waals surface area contributed by atoms with Gasteiger partial charge in [-0.15, -0.1) is 6.58 Å². The molecule has 0 heterocycles. The molecule has 0 saturated carbocycles. The van der Waals surface area contributed by atoms with Crippen LogP contribution in [0.25, 0.3) is 0 Å². The highest BCUT2D eigenvalue weighted by Gasteiger charge is 2.24. The summed E-state index contributed by atoms with van der Waals surface area (Å²) in [7, 11) is 0. The summed E-state index contributed by atoms with van der Waals surface area (Å²) in [5, 5.41) is 8.40. The topological polar surface area (TPSA) is 55.8 Å². The van der Waals surface area contributed by atoms with Crippen LogP contribution in [0.15, 0.2) is 12.7 Å². The Kier molecular flexibility index (Phi) is 5.34. The second kappa shape index (κ2) is 5.72. The summed E-state index contributed by atoms with van der Waals surface area (Å²) >= 11 is 0. The zero-order valence-corrected chi connectivity index (χ0v) is 8.19. The normalized spacial score (nSPS) is 15.2. The molecule has 4 heteroatoms. The van der Waals surface area contributed by atoms with Crippen LogP contribution in [0.1, 0.15) is 20.8 Å². The number of hydrogen-bond acceptors (Lipinski definition) is 4. The standard InChI is InChI=1S/C9H16O4/c1-5-8(13-11)7(4)9(10)12-6(2)3/h5-8,11H,1H2,2-4H3/t7-,8+/m1/s1. The minimum atomic E-state index is -0.716. The van der Waals surface area contributed by atoms with Gasteiger partial charge in [0.2, 0.25) is 0 Å². The summed E-state index contributed by atoms with van der Waals surface area (Å²) in [5.41, 5.74) is 0. The van der Waals surface area contributed by atoms with Gasteiger partial charge in [-0.2, -0.15) is 0 Å². The van der Waals surface area contributed by atoms with Crippen molar-refractivity contribution in [3.63, 3.8) is 0 Å². The van der Waals surface area contributed by atoms with Gasteiger partial charge in [0, 0.05) is 0 Å². The molecule has 0 aromatic heterocycles. The first-order valence-corrected chi connectivity index (χ1v) is 4.16. The van der Waals surface area contributed by atoms with E-state index < -0.39 is 18.0 Å². The van der Waals surface area contributed by atoms with E-state index in [1.165, 1.54) is 6.08 Å². The maximum Gasteiger partial charge on any atom is 0.312 e. The molecule has 0 radical (unpaired) electrons. The van der Waals surface area contributed by atoms with Crippen LogP contribution >= 0.6 is 0 Å². The van der Waals surface area contributed by atoms with Gasteiger partial charge in [-0.25, -0.2) is 4.89 Å². The van der Waals surface area contributed by atoms with Gasteiger partial charge in [0.15, 0.2) is 0 Å². The Bertz CT molecular complexity index is 176. The lowest BCUT2D eigenvalue weighted by Gasteiger charge is -2.17. The fraction of sp³-hybridized carbons (Fsp3) is 0.667. The first-order valence-electron chi connectivity index (χ1n) is 4.16. The van der Waals surface area contributed by atoms with E-state index in [9.17, 15) is 4.79 Å². The number of esters is 1. The molecule has 13 heavy (non-hydrogen) atoms. The Hall–Kier alpha value is -0.870.